The highest BCUT2D eigenvalue weighted by Crippen LogP contribution is 2.10. The number of alkyl carbamates (subject to hydrolysis) is 2. The van der Waals surface area contributed by atoms with E-state index in [1.807, 2.05) is 81.4 Å². The summed E-state index contributed by atoms with van der Waals surface area (Å²) in [5.41, 5.74) is 1.50. The van der Waals surface area contributed by atoms with Crippen molar-refractivity contribution in [3.63, 3.8) is 0 Å². The van der Waals surface area contributed by atoms with Crippen molar-refractivity contribution >= 4 is 12.2 Å². The fourth-order valence-corrected chi connectivity index (χ4v) is 2.71. The van der Waals surface area contributed by atoms with E-state index in [0.717, 1.165) is 11.1 Å². The number of hydrogen-bond acceptors (Lipinski definition) is 4. The van der Waals surface area contributed by atoms with Crippen molar-refractivity contribution in [2.75, 3.05) is 13.1 Å². The Morgan fingerprint density at radius 3 is 1.90 bits per heavy atom. The lowest BCUT2D eigenvalue weighted by molar-refractivity contribution is 0.0519. The highest BCUT2D eigenvalue weighted by atomic mass is 16.6. The van der Waals surface area contributed by atoms with Gasteiger partial charge < -0.3 is 20.1 Å². The maximum absolute atomic E-state index is 12.1. The molecular formula is C23H30N2O4. The molecule has 2 rings (SSSR count). The number of benzene rings is 2. The lowest BCUT2D eigenvalue weighted by atomic mass is 9.99. The minimum Gasteiger partial charge on any atom is -0.445 e. The molecule has 156 valence electrons. The number of rotatable bonds is 8. The molecule has 29 heavy (non-hydrogen) atoms. The highest BCUT2D eigenvalue weighted by Gasteiger charge is 2.18. The molecular weight excluding hydrogens is 368 g/mol. The zero-order valence-electron chi connectivity index (χ0n) is 17.3. The number of ether oxygens (including phenoxy) is 2. The van der Waals surface area contributed by atoms with Crippen molar-refractivity contribution in [3.8, 4) is 0 Å². The van der Waals surface area contributed by atoms with Crippen LogP contribution < -0.4 is 10.6 Å². The molecule has 0 aliphatic heterocycles. The van der Waals surface area contributed by atoms with Gasteiger partial charge in [-0.05, 0) is 44.2 Å². The fourth-order valence-electron chi connectivity index (χ4n) is 2.71. The Balaban J connectivity index is 1.85. The summed E-state index contributed by atoms with van der Waals surface area (Å²) < 4.78 is 10.5. The maximum Gasteiger partial charge on any atom is 0.407 e. The normalized spacial score (nSPS) is 12.0. The minimum absolute atomic E-state index is 0.00538. The molecule has 6 heteroatoms. The highest BCUT2D eigenvalue weighted by molar-refractivity contribution is 5.68. The lowest BCUT2D eigenvalue weighted by Crippen LogP contribution is -2.39. The van der Waals surface area contributed by atoms with Gasteiger partial charge in [0.15, 0.2) is 0 Å². The smallest absolute Gasteiger partial charge is 0.407 e. The third-order valence-corrected chi connectivity index (χ3v) is 4.05. The van der Waals surface area contributed by atoms with Gasteiger partial charge in [0.1, 0.15) is 12.2 Å². The van der Waals surface area contributed by atoms with Crippen molar-refractivity contribution in [1.29, 1.82) is 0 Å². The monoisotopic (exact) mass is 398 g/mol. The first-order valence-electron chi connectivity index (χ1n) is 9.77. The van der Waals surface area contributed by atoms with Crippen LogP contribution in [0, 0.1) is 5.92 Å². The van der Waals surface area contributed by atoms with Crippen LogP contribution in [0.25, 0.3) is 0 Å². The van der Waals surface area contributed by atoms with Crippen LogP contribution in [0.4, 0.5) is 9.59 Å². The molecule has 0 aliphatic carbocycles. The van der Waals surface area contributed by atoms with Crippen LogP contribution in [0.2, 0.25) is 0 Å². The fraction of sp³-hybridized carbons (Fsp3) is 0.391. The average molecular weight is 399 g/mol. The number of carbonyl (C=O) groups excluding carboxylic acids is 2. The first-order chi connectivity index (χ1) is 13.8. The summed E-state index contributed by atoms with van der Waals surface area (Å²) in [7, 11) is 0. The van der Waals surface area contributed by atoms with E-state index in [0.29, 0.717) is 19.5 Å². The van der Waals surface area contributed by atoms with Gasteiger partial charge in [0.05, 0.1) is 0 Å². The molecule has 2 aromatic rings. The second-order valence-corrected chi connectivity index (χ2v) is 7.88. The van der Waals surface area contributed by atoms with Crippen LogP contribution in [0.5, 0.6) is 0 Å². The van der Waals surface area contributed by atoms with E-state index < -0.39 is 17.8 Å². The third kappa shape index (κ3) is 9.65. The van der Waals surface area contributed by atoms with E-state index >= 15 is 0 Å². The average Bonchev–Trinajstić information content (AvgIpc) is 2.68. The van der Waals surface area contributed by atoms with Gasteiger partial charge in [-0.25, -0.2) is 9.59 Å². The molecule has 0 saturated carbocycles. The number of nitrogens with one attached hydrogen (secondary N) is 2. The Bertz CT molecular complexity index is 757. The first kappa shape index (κ1) is 22.3. The van der Waals surface area contributed by atoms with Crippen molar-refractivity contribution in [3.05, 3.63) is 71.8 Å². The summed E-state index contributed by atoms with van der Waals surface area (Å²) in [6.45, 7) is 6.42. The Hall–Kier alpha value is -3.02. The molecule has 2 N–H and O–H groups in total. The lowest BCUT2D eigenvalue weighted by Gasteiger charge is -2.22. The standard InChI is InChI=1S/C23H30N2O4/c1-23(2,3)29-22(27)25-16-20(14-18-10-6-4-7-11-18)15-24-21(26)28-17-19-12-8-5-9-13-19/h4-13,20H,14-17H2,1-3H3,(H,24,26)(H,25,27). The summed E-state index contributed by atoms with van der Waals surface area (Å²) in [5.74, 6) is -0.00538. The van der Waals surface area contributed by atoms with Gasteiger partial charge in [-0.3, -0.25) is 0 Å². The Kier molecular flexibility index (Phi) is 8.52. The van der Waals surface area contributed by atoms with Gasteiger partial charge in [-0.15, -0.1) is 0 Å². The largest absolute Gasteiger partial charge is 0.445 e. The van der Waals surface area contributed by atoms with Crippen molar-refractivity contribution in [1.82, 2.24) is 10.6 Å². The topological polar surface area (TPSA) is 76.7 Å². The van der Waals surface area contributed by atoms with Gasteiger partial charge >= 0.3 is 12.2 Å². The number of amides is 2. The van der Waals surface area contributed by atoms with Crippen LogP contribution in [0.3, 0.4) is 0 Å². The van der Waals surface area contributed by atoms with Crippen LogP contribution in [0.15, 0.2) is 60.7 Å². The predicted octanol–water partition coefficient (Wildman–Crippen LogP) is 4.30. The van der Waals surface area contributed by atoms with Crippen LogP contribution in [0.1, 0.15) is 31.9 Å². The Morgan fingerprint density at radius 2 is 1.34 bits per heavy atom. The minimum atomic E-state index is -0.557. The van der Waals surface area contributed by atoms with Crippen molar-refractivity contribution < 1.29 is 19.1 Å². The van der Waals surface area contributed by atoms with Gasteiger partial charge in [0.25, 0.3) is 0 Å². The zero-order chi connectivity index (χ0) is 21.1. The molecule has 0 aliphatic rings. The Morgan fingerprint density at radius 1 is 0.828 bits per heavy atom. The molecule has 0 spiro atoms. The molecule has 6 nitrogen and oxygen atoms in total. The molecule has 0 fully saturated rings. The van der Waals surface area contributed by atoms with Crippen molar-refractivity contribution in [2.24, 2.45) is 5.92 Å². The van der Waals surface area contributed by atoms with E-state index in [2.05, 4.69) is 10.6 Å². The summed E-state index contributed by atoms with van der Waals surface area (Å²) >= 11 is 0. The molecule has 0 bridgehead atoms. The first-order valence-corrected chi connectivity index (χ1v) is 9.77. The van der Waals surface area contributed by atoms with Gasteiger partial charge in [0.2, 0.25) is 0 Å². The van der Waals surface area contributed by atoms with E-state index in [4.69, 9.17) is 9.47 Å². The van der Waals surface area contributed by atoms with Gasteiger partial charge in [-0.2, -0.15) is 0 Å². The van der Waals surface area contributed by atoms with Crippen LogP contribution in [-0.2, 0) is 22.5 Å². The molecule has 1 unspecified atom stereocenters. The van der Waals surface area contributed by atoms with Gasteiger partial charge in [0, 0.05) is 13.1 Å². The van der Waals surface area contributed by atoms with Crippen LogP contribution in [-0.4, -0.2) is 30.9 Å². The second kappa shape index (κ2) is 11.1. The van der Waals surface area contributed by atoms with E-state index in [9.17, 15) is 9.59 Å². The summed E-state index contributed by atoms with van der Waals surface area (Å²) in [5, 5.41) is 5.58. The van der Waals surface area contributed by atoms with Gasteiger partial charge in [-0.1, -0.05) is 60.7 Å². The molecule has 0 heterocycles. The molecule has 1 atom stereocenters. The summed E-state index contributed by atoms with van der Waals surface area (Å²) in [6, 6.07) is 19.4. The second-order valence-electron chi connectivity index (χ2n) is 7.88. The maximum atomic E-state index is 12.1. The summed E-state index contributed by atoms with van der Waals surface area (Å²) in [6.07, 6.45) is -0.248. The zero-order valence-corrected chi connectivity index (χ0v) is 17.3. The molecule has 0 saturated heterocycles. The Labute approximate surface area is 172 Å². The SMILES string of the molecule is CC(C)(C)OC(=O)NCC(CNC(=O)OCc1ccccc1)Cc1ccccc1. The molecule has 2 aromatic carbocycles. The third-order valence-electron chi connectivity index (χ3n) is 4.05. The van der Waals surface area contributed by atoms with Crippen LogP contribution >= 0.6 is 0 Å². The summed E-state index contributed by atoms with van der Waals surface area (Å²) in [4.78, 5) is 24.0. The number of carbonyl (C=O) groups is 2. The van der Waals surface area contributed by atoms with Crippen molar-refractivity contribution in [2.45, 2.75) is 39.4 Å². The molecule has 0 radical (unpaired) electrons. The molecule has 2 amide bonds. The quantitative estimate of drug-likeness (QED) is 0.695. The van der Waals surface area contributed by atoms with E-state index in [-0.39, 0.29) is 12.5 Å². The van der Waals surface area contributed by atoms with E-state index in [1.54, 1.807) is 0 Å². The molecule has 0 aromatic heterocycles. The number of hydrogen-bond donors (Lipinski definition) is 2. The predicted molar refractivity (Wildman–Crippen MR) is 113 cm³/mol. The van der Waals surface area contributed by atoms with E-state index in [1.165, 1.54) is 0 Å².